The molecule has 0 unspecified atom stereocenters. The molecular formula is C36H30O10. The van der Waals surface area contributed by atoms with Crippen molar-refractivity contribution >= 4 is 40.7 Å². The van der Waals surface area contributed by atoms with E-state index in [4.69, 9.17) is 28.4 Å². The van der Waals surface area contributed by atoms with Gasteiger partial charge in [-0.2, -0.15) is 0 Å². The third-order valence-corrected chi connectivity index (χ3v) is 6.12. The number of rotatable bonds is 13. The number of hydrogen-bond acceptors (Lipinski definition) is 10. The maximum Gasteiger partial charge on any atom is 0.343 e. The van der Waals surface area contributed by atoms with Crippen molar-refractivity contribution in [2.75, 3.05) is 13.6 Å². The minimum Gasteiger partial charge on any atom is -0.457 e. The van der Waals surface area contributed by atoms with Crippen LogP contribution in [0.15, 0.2) is 115 Å². The molecule has 4 rings (SSSR count). The van der Waals surface area contributed by atoms with Gasteiger partial charge in [0.15, 0.2) is 0 Å². The Kier molecular flexibility index (Phi) is 11.1. The normalized spacial score (nSPS) is 10.6. The quantitative estimate of drug-likeness (QED) is 0.0698. The molecule has 10 heteroatoms. The first-order valence-electron chi connectivity index (χ1n) is 13.8. The molecule has 0 bridgehead atoms. The summed E-state index contributed by atoms with van der Waals surface area (Å²) in [4.78, 5) is 47.8. The van der Waals surface area contributed by atoms with Gasteiger partial charge in [0.1, 0.15) is 23.0 Å². The third-order valence-electron chi connectivity index (χ3n) is 6.12. The van der Waals surface area contributed by atoms with Crippen LogP contribution in [-0.4, -0.2) is 37.5 Å². The lowest BCUT2D eigenvalue weighted by atomic mass is 10.1. The second kappa shape index (κ2) is 15.5. The highest BCUT2D eigenvalue weighted by molar-refractivity contribution is 5.92. The second-order valence-corrected chi connectivity index (χ2v) is 9.86. The Bertz CT molecular complexity index is 1800. The van der Waals surface area contributed by atoms with Crippen LogP contribution in [0.2, 0.25) is 0 Å². The molecule has 0 saturated heterocycles. The van der Waals surface area contributed by atoms with Crippen LogP contribution < -0.4 is 18.9 Å². The summed E-state index contributed by atoms with van der Waals surface area (Å²) in [5.74, 6) is -0.823. The smallest absolute Gasteiger partial charge is 0.343 e. The van der Waals surface area contributed by atoms with Crippen LogP contribution in [0.3, 0.4) is 0 Å². The molecule has 0 aliphatic rings. The monoisotopic (exact) mass is 622 g/mol. The molecule has 0 N–H and O–H groups in total. The molecule has 0 aliphatic heterocycles. The van der Waals surface area contributed by atoms with Crippen molar-refractivity contribution < 1.29 is 47.6 Å². The molecule has 0 atom stereocenters. The van der Waals surface area contributed by atoms with E-state index in [0.29, 0.717) is 17.1 Å². The number of esters is 4. The predicted molar refractivity (Wildman–Crippen MR) is 169 cm³/mol. The van der Waals surface area contributed by atoms with Crippen molar-refractivity contribution in [1.29, 1.82) is 0 Å². The van der Waals surface area contributed by atoms with Crippen LogP contribution in [0.25, 0.3) is 16.8 Å². The van der Waals surface area contributed by atoms with E-state index in [0.717, 1.165) is 16.3 Å². The molecule has 0 heterocycles. The van der Waals surface area contributed by atoms with E-state index in [1.165, 1.54) is 49.4 Å². The number of benzene rings is 4. The van der Waals surface area contributed by atoms with E-state index in [2.05, 4.69) is 13.2 Å². The number of ether oxygens (including phenoxy) is 6. The third kappa shape index (κ3) is 9.68. The molecule has 0 fully saturated rings. The summed E-state index contributed by atoms with van der Waals surface area (Å²) in [5, 5.41) is 1.81. The fraction of sp³-hybridized carbons (Fsp3) is 0.111. The second-order valence-electron chi connectivity index (χ2n) is 9.86. The molecule has 10 nitrogen and oxygen atoms in total. The minimum atomic E-state index is -0.601. The van der Waals surface area contributed by atoms with Gasteiger partial charge in [0.25, 0.3) is 0 Å². The summed E-state index contributed by atoms with van der Waals surface area (Å²) in [6.07, 6.45) is 2.94. The molecule has 0 saturated carbocycles. The van der Waals surface area contributed by atoms with Gasteiger partial charge in [-0.05, 0) is 103 Å². The summed E-state index contributed by atoms with van der Waals surface area (Å²) >= 11 is 0. The van der Waals surface area contributed by atoms with Crippen LogP contribution in [0, 0.1) is 0 Å². The zero-order chi connectivity index (χ0) is 33.1. The Morgan fingerprint density at radius 1 is 0.609 bits per heavy atom. The van der Waals surface area contributed by atoms with Crippen molar-refractivity contribution in [2.24, 2.45) is 0 Å². The van der Waals surface area contributed by atoms with Crippen molar-refractivity contribution in [3.8, 4) is 23.0 Å². The molecule has 46 heavy (non-hydrogen) atoms. The van der Waals surface area contributed by atoms with Crippen LogP contribution in [0.4, 0.5) is 0 Å². The topological polar surface area (TPSA) is 124 Å². The first-order chi connectivity index (χ1) is 22.1. The average molecular weight is 623 g/mol. The van der Waals surface area contributed by atoms with Gasteiger partial charge in [-0.15, -0.1) is 0 Å². The Morgan fingerprint density at radius 2 is 1.11 bits per heavy atom. The first kappa shape index (κ1) is 32.7. The zero-order valence-corrected chi connectivity index (χ0v) is 25.1. The van der Waals surface area contributed by atoms with Crippen molar-refractivity contribution in [3.05, 3.63) is 126 Å². The lowest BCUT2D eigenvalue weighted by Crippen LogP contribution is -2.11. The van der Waals surface area contributed by atoms with Crippen molar-refractivity contribution in [1.82, 2.24) is 0 Å². The average Bonchev–Trinajstić information content (AvgIpc) is 3.04. The van der Waals surface area contributed by atoms with E-state index in [-0.39, 0.29) is 36.2 Å². The highest BCUT2D eigenvalue weighted by Gasteiger charge is 2.11. The molecule has 0 aliphatic carbocycles. The van der Waals surface area contributed by atoms with Gasteiger partial charge < -0.3 is 28.4 Å². The highest BCUT2D eigenvalue weighted by Crippen LogP contribution is 2.24. The number of hydrogen-bond donors (Lipinski definition) is 0. The number of fused-ring (bicyclic) bond motifs is 1. The lowest BCUT2D eigenvalue weighted by Gasteiger charge is -2.09. The lowest BCUT2D eigenvalue weighted by molar-refractivity contribution is -0.146. The largest absolute Gasteiger partial charge is 0.457 e. The van der Waals surface area contributed by atoms with Crippen molar-refractivity contribution in [3.63, 3.8) is 0 Å². The fourth-order valence-corrected chi connectivity index (χ4v) is 3.73. The summed E-state index contributed by atoms with van der Waals surface area (Å²) in [7, 11) is 0. The van der Waals surface area contributed by atoms with Gasteiger partial charge >= 0.3 is 23.9 Å². The van der Waals surface area contributed by atoms with E-state index < -0.39 is 23.9 Å². The molecule has 0 radical (unpaired) electrons. The van der Waals surface area contributed by atoms with Crippen LogP contribution in [-0.2, 0) is 23.9 Å². The van der Waals surface area contributed by atoms with Gasteiger partial charge in [-0.3, -0.25) is 0 Å². The molecule has 4 aromatic carbocycles. The van der Waals surface area contributed by atoms with Gasteiger partial charge in [-0.1, -0.05) is 31.4 Å². The fourth-order valence-electron chi connectivity index (χ4n) is 3.73. The van der Waals surface area contributed by atoms with Crippen LogP contribution >= 0.6 is 0 Å². The Morgan fingerprint density at radius 3 is 1.72 bits per heavy atom. The molecule has 4 aromatic rings. The maximum atomic E-state index is 12.5. The Labute approximate surface area is 265 Å². The maximum absolute atomic E-state index is 12.5. The number of carbonyl (C=O) groups is 4. The van der Waals surface area contributed by atoms with Gasteiger partial charge in [0, 0.05) is 17.2 Å². The van der Waals surface area contributed by atoms with Crippen LogP contribution in [0.5, 0.6) is 23.0 Å². The molecule has 0 aromatic heterocycles. The van der Waals surface area contributed by atoms with Gasteiger partial charge in [0.05, 0.1) is 5.56 Å². The number of carbonyl (C=O) groups excluding carboxylic acids is 4. The Balaban J connectivity index is 1.25. The van der Waals surface area contributed by atoms with E-state index >= 15 is 0 Å². The van der Waals surface area contributed by atoms with Crippen molar-refractivity contribution in [2.45, 2.75) is 13.8 Å². The minimum absolute atomic E-state index is 0.224. The van der Waals surface area contributed by atoms with Gasteiger partial charge in [0.2, 0.25) is 13.6 Å². The Hall–Kier alpha value is -6.16. The van der Waals surface area contributed by atoms with E-state index in [9.17, 15) is 19.2 Å². The molecular weight excluding hydrogens is 592 g/mol. The van der Waals surface area contributed by atoms with E-state index in [1.54, 1.807) is 31.2 Å². The predicted octanol–water partition coefficient (Wildman–Crippen LogP) is 6.59. The highest BCUT2D eigenvalue weighted by atomic mass is 16.7. The van der Waals surface area contributed by atoms with E-state index in [1.807, 2.05) is 30.3 Å². The summed E-state index contributed by atoms with van der Waals surface area (Å²) in [6, 6.07) is 23.1. The summed E-state index contributed by atoms with van der Waals surface area (Å²) in [5.41, 5.74) is 1.60. The molecule has 0 amide bonds. The molecule has 234 valence electrons. The summed E-state index contributed by atoms with van der Waals surface area (Å²) < 4.78 is 31.3. The van der Waals surface area contributed by atoms with Gasteiger partial charge in [-0.25, -0.2) is 19.2 Å². The first-order valence-corrected chi connectivity index (χ1v) is 13.8. The summed E-state index contributed by atoms with van der Waals surface area (Å²) in [6.45, 7) is 9.57. The zero-order valence-electron chi connectivity index (χ0n) is 25.1. The SMILES string of the molecule is C=C(C)C(=O)OCOc1ccc(C(=O)Oc2ccc(OC(=O)/C=C/c3ccc4cc(OCOC(=O)C(=C)C)ccc4c3)cc2)cc1. The molecule has 0 spiro atoms. The van der Waals surface area contributed by atoms with Crippen LogP contribution in [0.1, 0.15) is 29.8 Å². The standard InChI is InChI=1S/C36H30O10/c1-23(2)34(38)43-21-41-29-11-8-26(9-12-29)36(40)46-31-16-14-30(15-17-31)45-33(37)18-6-25-5-7-28-20-32(13-10-27(28)19-25)42-22-44-35(39)24(3)4/h5-20H,1,3,21-22H2,2,4H3/b18-6+.